The molecule has 0 N–H and O–H groups in total. The van der Waals surface area contributed by atoms with Gasteiger partial charge in [0, 0.05) is 31.9 Å². The van der Waals surface area contributed by atoms with E-state index in [1.165, 1.54) is 17.0 Å². The van der Waals surface area contributed by atoms with Gasteiger partial charge in [-0.15, -0.1) is 0 Å². The molecule has 2 aliphatic rings. The molecular formula is C28H26FN3O2. The van der Waals surface area contributed by atoms with Crippen molar-refractivity contribution in [2.24, 2.45) is 0 Å². The summed E-state index contributed by atoms with van der Waals surface area (Å²) in [5.74, 6) is -1.01. The highest BCUT2D eigenvalue weighted by Gasteiger charge is 2.42. The molecule has 3 aromatic carbocycles. The van der Waals surface area contributed by atoms with Gasteiger partial charge in [-0.1, -0.05) is 60.2 Å². The van der Waals surface area contributed by atoms with E-state index in [0.29, 0.717) is 29.9 Å². The molecule has 1 fully saturated rings. The van der Waals surface area contributed by atoms with E-state index in [4.69, 9.17) is 0 Å². The first kappa shape index (κ1) is 21.9. The van der Waals surface area contributed by atoms with Crippen molar-refractivity contribution >= 4 is 23.1 Å². The molecule has 2 aliphatic heterocycles. The molecule has 172 valence electrons. The van der Waals surface area contributed by atoms with Gasteiger partial charge in [-0.3, -0.25) is 14.5 Å². The number of piperazine rings is 1. The lowest BCUT2D eigenvalue weighted by atomic mass is 10.0. The number of hydrogen-bond donors (Lipinski definition) is 0. The van der Waals surface area contributed by atoms with Gasteiger partial charge in [-0.05, 0) is 42.3 Å². The molecule has 5 nitrogen and oxygen atoms in total. The van der Waals surface area contributed by atoms with E-state index in [1.807, 2.05) is 54.3 Å². The van der Waals surface area contributed by atoms with Crippen LogP contribution < -0.4 is 4.90 Å². The smallest absolute Gasteiger partial charge is 0.278 e. The summed E-state index contributed by atoms with van der Waals surface area (Å²) in [6.45, 7) is 4.92. The summed E-state index contributed by atoms with van der Waals surface area (Å²) in [6, 6.07) is 23.8. The summed E-state index contributed by atoms with van der Waals surface area (Å²) in [5.41, 5.74) is 4.48. The van der Waals surface area contributed by atoms with E-state index in [-0.39, 0.29) is 24.2 Å². The molecule has 2 amide bonds. The van der Waals surface area contributed by atoms with Crippen LogP contribution in [0, 0.1) is 12.7 Å². The first-order valence-electron chi connectivity index (χ1n) is 11.5. The Morgan fingerprint density at radius 2 is 1.35 bits per heavy atom. The zero-order valence-electron chi connectivity index (χ0n) is 19.1. The van der Waals surface area contributed by atoms with Crippen molar-refractivity contribution < 1.29 is 14.0 Å². The summed E-state index contributed by atoms with van der Waals surface area (Å²) in [6.07, 6.45) is 0. The lowest BCUT2D eigenvalue weighted by molar-refractivity contribution is -0.138. The molecule has 6 heteroatoms. The minimum absolute atomic E-state index is 0.204. The largest absolute Gasteiger partial charge is 0.368 e. The first-order valence-corrected chi connectivity index (χ1v) is 11.5. The molecule has 3 aromatic rings. The van der Waals surface area contributed by atoms with Crippen LogP contribution in [0.4, 0.5) is 10.1 Å². The van der Waals surface area contributed by atoms with Gasteiger partial charge in [-0.25, -0.2) is 4.39 Å². The number of nitrogens with zero attached hydrogens (tertiary/aromatic N) is 3. The monoisotopic (exact) mass is 455 g/mol. The summed E-state index contributed by atoms with van der Waals surface area (Å²) < 4.78 is 13.6. The van der Waals surface area contributed by atoms with Gasteiger partial charge in [0.2, 0.25) is 0 Å². The Morgan fingerprint density at radius 1 is 0.735 bits per heavy atom. The summed E-state index contributed by atoms with van der Waals surface area (Å²) in [5, 5.41) is 0. The number of benzene rings is 3. The molecule has 0 unspecified atom stereocenters. The highest BCUT2D eigenvalue weighted by Crippen LogP contribution is 2.33. The third-order valence-corrected chi connectivity index (χ3v) is 6.45. The van der Waals surface area contributed by atoms with Gasteiger partial charge in [0.05, 0.1) is 12.1 Å². The van der Waals surface area contributed by atoms with Crippen LogP contribution in [0.1, 0.15) is 16.7 Å². The lowest BCUT2D eigenvalue weighted by Gasteiger charge is -2.37. The van der Waals surface area contributed by atoms with Crippen LogP contribution in [0.15, 0.2) is 84.6 Å². The maximum atomic E-state index is 13.6. The van der Waals surface area contributed by atoms with E-state index in [0.717, 1.165) is 29.9 Å². The highest BCUT2D eigenvalue weighted by molar-refractivity contribution is 6.35. The molecular weight excluding hydrogens is 429 g/mol. The normalized spacial score (nSPS) is 16.6. The SMILES string of the molecule is Cc1ccc(CN2C(=O)C(c3ccc(F)cc3)=C(N3CCN(c4ccccc4)CC3)C2=O)cc1. The van der Waals surface area contributed by atoms with Crippen LogP contribution in [0.2, 0.25) is 0 Å². The van der Waals surface area contributed by atoms with Gasteiger partial charge < -0.3 is 9.80 Å². The lowest BCUT2D eigenvalue weighted by Crippen LogP contribution is -2.47. The molecule has 0 bridgehead atoms. The second-order valence-corrected chi connectivity index (χ2v) is 8.72. The average molecular weight is 456 g/mol. The third-order valence-electron chi connectivity index (χ3n) is 6.45. The number of hydrogen-bond acceptors (Lipinski definition) is 4. The third kappa shape index (κ3) is 4.19. The second-order valence-electron chi connectivity index (χ2n) is 8.72. The van der Waals surface area contributed by atoms with Crippen molar-refractivity contribution in [3.8, 4) is 0 Å². The number of carbonyl (C=O) groups excluding carboxylic acids is 2. The minimum atomic E-state index is -0.379. The number of amides is 2. The van der Waals surface area contributed by atoms with Crippen molar-refractivity contribution in [2.45, 2.75) is 13.5 Å². The minimum Gasteiger partial charge on any atom is -0.368 e. The fourth-order valence-electron chi connectivity index (χ4n) is 4.58. The molecule has 2 heterocycles. The fourth-order valence-corrected chi connectivity index (χ4v) is 4.58. The van der Waals surface area contributed by atoms with Crippen molar-refractivity contribution in [3.05, 3.63) is 107 Å². The zero-order chi connectivity index (χ0) is 23.7. The fraction of sp³-hybridized carbons (Fsp3) is 0.214. The molecule has 0 radical (unpaired) electrons. The Morgan fingerprint density at radius 3 is 2.00 bits per heavy atom. The number of anilines is 1. The molecule has 0 saturated carbocycles. The molecule has 1 saturated heterocycles. The molecule has 0 aromatic heterocycles. The molecule has 34 heavy (non-hydrogen) atoms. The van der Waals surface area contributed by atoms with Crippen molar-refractivity contribution in [1.29, 1.82) is 0 Å². The van der Waals surface area contributed by atoms with E-state index in [9.17, 15) is 14.0 Å². The number of para-hydroxylation sites is 1. The van der Waals surface area contributed by atoms with Gasteiger partial charge in [0.15, 0.2) is 0 Å². The van der Waals surface area contributed by atoms with Crippen LogP contribution in [0.5, 0.6) is 0 Å². The Bertz CT molecular complexity index is 1230. The summed E-state index contributed by atoms with van der Waals surface area (Å²) in [4.78, 5) is 32.7. The van der Waals surface area contributed by atoms with E-state index in [1.54, 1.807) is 12.1 Å². The second kappa shape index (κ2) is 9.14. The van der Waals surface area contributed by atoms with Gasteiger partial charge in [0.1, 0.15) is 11.5 Å². The van der Waals surface area contributed by atoms with Crippen molar-refractivity contribution in [3.63, 3.8) is 0 Å². The van der Waals surface area contributed by atoms with E-state index < -0.39 is 0 Å². The number of rotatable bonds is 5. The van der Waals surface area contributed by atoms with E-state index in [2.05, 4.69) is 17.0 Å². The van der Waals surface area contributed by atoms with Crippen molar-refractivity contribution in [2.75, 3.05) is 31.1 Å². The predicted octanol–water partition coefficient (Wildman–Crippen LogP) is 4.24. The first-order chi connectivity index (χ1) is 16.5. The quantitative estimate of drug-likeness (QED) is 0.540. The van der Waals surface area contributed by atoms with Crippen LogP contribution in [0.25, 0.3) is 5.57 Å². The van der Waals surface area contributed by atoms with E-state index >= 15 is 0 Å². The van der Waals surface area contributed by atoms with Crippen LogP contribution >= 0.6 is 0 Å². The highest BCUT2D eigenvalue weighted by atomic mass is 19.1. The number of halogens is 1. The Labute approximate surface area is 198 Å². The predicted molar refractivity (Wildman–Crippen MR) is 130 cm³/mol. The Kier molecular flexibility index (Phi) is 5.88. The topological polar surface area (TPSA) is 43.9 Å². The van der Waals surface area contributed by atoms with Gasteiger partial charge in [-0.2, -0.15) is 0 Å². The molecule has 0 aliphatic carbocycles. The standard InChI is InChI=1S/C28H26FN3O2/c1-20-7-9-21(10-8-20)19-32-27(33)25(22-11-13-23(29)14-12-22)26(28(32)34)31-17-15-30(16-18-31)24-5-3-2-4-6-24/h2-14H,15-19H2,1H3. The van der Waals surface area contributed by atoms with Crippen LogP contribution in [-0.2, 0) is 16.1 Å². The number of imide groups is 1. The number of aryl methyl sites for hydroxylation is 1. The number of carbonyl (C=O) groups is 2. The Balaban J connectivity index is 1.45. The Hall–Kier alpha value is -3.93. The van der Waals surface area contributed by atoms with Crippen LogP contribution in [-0.4, -0.2) is 47.8 Å². The van der Waals surface area contributed by atoms with Gasteiger partial charge in [0.25, 0.3) is 11.8 Å². The molecule has 5 rings (SSSR count). The molecule has 0 atom stereocenters. The zero-order valence-corrected chi connectivity index (χ0v) is 19.1. The summed E-state index contributed by atoms with van der Waals surface area (Å²) in [7, 11) is 0. The maximum Gasteiger partial charge on any atom is 0.278 e. The summed E-state index contributed by atoms with van der Waals surface area (Å²) >= 11 is 0. The average Bonchev–Trinajstić information content (AvgIpc) is 3.11. The molecule has 0 spiro atoms. The maximum absolute atomic E-state index is 13.6. The van der Waals surface area contributed by atoms with Crippen molar-refractivity contribution in [1.82, 2.24) is 9.80 Å². The van der Waals surface area contributed by atoms with Gasteiger partial charge >= 0.3 is 0 Å². The van der Waals surface area contributed by atoms with Crippen LogP contribution in [0.3, 0.4) is 0 Å².